The van der Waals surface area contributed by atoms with Gasteiger partial charge < -0.3 is 15.2 Å². The monoisotopic (exact) mass is 316 g/mol. The summed E-state index contributed by atoms with van der Waals surface area (Å²) < 4.78 is 0. The lowest BCUT2D eigenvalue weighted by atomic mass is 9.84. The molecule has 2 aromatic rings. The molecule has 1 aromatic heterocycles. The fourth-order valence-corrected chi connectivity index (χ4v) is 2.53. The first-order chi connectivity index (χ1) is 10.8. The maximum atomic E-state index is 10.7. The fourth-order valence-electron chi connectivity index (χ4n) is 2.53. The van der Waals surface area contributed by atoms with E-state index >= 15 is 0 Å². The maximum absolute atomic E-state index is 10.7. The van der Waals surface area contributed by atoms with E-state index < -0.39 is 6.23 Å². The summed E-state index contributed by atoms with van der Waals surface area (Å²) in [6.45, 7) is 9.19. The topological polar surface area (TPSA) is 68.3 Å². The minimum Gasteiger partial charge on any atom is -0.507 e. The number of rotatable bonds is 6. The highest BCUT2D eigenvalue weighted by Crippen LogP contribution is 2.38. The van der Waals surface area contributed by atoms with Gasteiger partial charge in [-0.1, -0.05) is 34.1 Å². The first-order valence-corrected chi connectivity index (χ1v) is 8.27. The number of aliphatic hydroxyl groups excluding tert-OH is 1. The highest BCUT2D eigenvalue weighted by atomic mass is 16.3. The number of aliphatic hydroxyl groups is 1. The summed E-state index contributed by atoms with van der Waals surface area (Å²) in [5, 5.41) is 24.2. The highest BCUT2D eigenvalue weighted by molar-refractivity contribution is 5.70. The molecular formula is C19H28N2O2. The van der Waals surface area contributed by atoms with Crippen LogP contribution in [0.3, 0.4) is 0 Å². The number of aromatic amines is 1. The lowest BCUT2D eigenvalue weighted by Gasteiger charge is -2.24. The van der Waals surface area contributed by atoms with E-state index in [1.54, 1.807) is 0 Å². The van der Waals surface area contributed by atoms with Crippen LogP contribution in [0.4, 0.5) is 0 Å². The largest absolute Gasteiger partial charge is 0.507 e. The molecule has 1 aromatic carbocycles. The minimum atomic E-state index is -0.877. The van der Waals surface area contributed by atoms with E-state index in [4.69, 9.17) is 0 Å². The van der Waals surface area contributed by atoms with Crippen molar-refractivity contribution in [1.29, 1.82) is 0 Å². The summed E-state index contributed by atoms with van der Waals surface area (Å²) in [5.41, 5.74) is 3.08. The lowest BCUT2D eigenvalue weighted by molar-refractivity contribution is 0.135. The van der Waals surface area contributed by atoms with Crippen molar-refractivity contribution < 1.29 is 10.2 Å². The van der Waals surface area contributed by atoms with E-state index in [2.05, 4.69) is 38.0 Å². The number of phenolic OH excluding ortho intramolecular Hbond substituents is 1. The van der Waals surface area contributed by atoms with Gasteiger partial charge in [0.15, 0.2) is 0 Å². The molecule has 4 heteroatoms. The predicted molar refractivity (Wildman–Crippen MR) is 94.5 cm³/mol. The number of aromatic nitrogens is 1. The van der Waals surface area contributed by atoms with Crippen molar-refractivity contribution in [3.63, 3.8) is 0 Å². The van der Waals surface area contributed by atoms with Gasteiger partial charge in [0.25, 0.3) is 0 Å². The molecular weight excluding hydrogens is 288 g/mol. The van der Waals surface area contributed by atoms with Crippen LogP contribution in [0.2, 0.25) is 0 Å². The molecule has 1 unspecified atom stereocenters. The molecule has 1 atom stereocenters. The third-order valence-corrected chi connectivity index (χ3v) is 4.06. The zero-order chi connectivity index (χ0) is 17.0. The van der Waals surface area contributed by atoms with Gasteiger partial charge in [-0.25, -0.2) is 0 Å². The number of benzene rings is 1. The normalized spacial score (nSPS) is 13.3. The van der Waals surface area contributed by atoms with Crippen molar-refractivity contribution >= 4 is 0 Å². The van der Waals surface area contributed by atoms with Gasteiger partial charge in [0.2, 0.25) is 0 Å². The first kappa shape index (κ1) is 17.6. The molecule has 0 saturated carbocycles. The van der Waals surface area contributed by atoms with Gasteiger partial charge in [-0.2, -0.15) is 0 Å². The summed E-state index contributed by atoms with van der Waals surface area (Å²) in [6, 6.07) is 7.70. The Balaban J connectivity index is 2.46. The Bertz CT molecular complexity index is 628. The third-order valence-electron chi connectivity index (χ3n) is 4.06. The first-order valence-electron chi connectivity index (χ1n) is 8.27. The third kappa shape index (κ3) is 4.15. The van der Waals surface area contributed by atoms with Gasteiger partial charge in [-0.15, -0.1) is 0 Å². The van der Waals surface area contributed by atoms with Gasteiger partial charge in [0, 0.05) is 23.0 Å². The average Bonchev–Trinajstić information content (AvgIpc) is 3.00. The van der Waals surface area contributed by atoms with Crippen molar-refractivity contribution in [1.82, 2.24) is 10.3 Å². The van der Waals surface area contributed by atoms with Gasteiger partial charge in [-0.05, 0) is 48.2 Å². The molecule has 0 spiro atoms. The molecule has 0 aliphatic rings. The SMILES string of the molecule is CCCCNC(O)c1cc(C(C)(C)C)cc(-c2ccc[nH]2)c1O. The summed E-state index contributed by atoms with van der Waals surface area (Å²) in [5.74, 6) is 0.122. The quantitative estimate of drug-likeness (QED) is 0.480. The molecule has 2 rings (SSSR count). The summed E-state index contributed by atoms with van der Waals surface area (Å²) in [6.07, 6.45) is 2.99. The number of unbranched alkanes of at least 4 members (excludes halogenated alkanes) is 1. The molecule has 1 heterocycles. The van der Waals surface area contributed by atoms with Crippen LogP contribution < -0.4 is 5.32 Å². The molecule has 0 aliphatic heterocycles. The Kier molecular flexibility index (Phi) is 5.50. The van der Waals surface area contributed by atoms with Gasteiger partial charge in [-0.3, -0.25) is 5.32 Å². The highest BCUT2D eigenvalue weighted by Gasteiger charge is 2.22. The van der Waals surface area contributed by atoms with E-state index in [0.717, 1.165) is 24.1 Å². The number of hydrogen-bond donors (Lipinski definition) is 4. The summed E-state index contributed by atoms with van der Waals surface area (Å²) >= 11 is 0. The van der Waals surface area contributed by atoms with Crippen molar-refractivity contribution in [3.8, 4) is 17.0 Å². The lowest BCUT2D eigenvalue weighted by Crippen LogP contribution is -2.23. The zero-order valence-electron chi connectivity index (χ0n) is 14.5. The minimum absolute atomic E-state index is 0.0765. The van der Waals surface area contributed by atoms with Crippen LogP contribution in [0.25, 0.3) is 11.3 Å². The molecule has 0 radical (unpaired) electrons. The Morgan fingerprint density at radius 2 is 2.00 bits per heavy atom. The second-order valence-electron chi connectivity index (χ2n) is 7.01. The molecule has 126 valence electrons. The smallest absolute Gasteiger partial charge is 0.134 e. The Labute approximate surface area is 138 Å². The number of hydrogen-bond acceptors (Lipinski definition) is 3. The molecule has 4 N–H and O–H groups in total. The van der Waals surface area contributed by atoms with Crippen LogP contribution in [0.1, 0.15) is 57.9 Å². The van der Waals surface area contributed by atoms with Crippen molar-refractivity contribution in [3.05, 3.63) is 41.6 Å². The number of phenols is 1. The molecule has 23 heavy (non-hydrogen) atoms. The molecule has 0 aliphatic carbocycles. The van der Waals surface area contributed by atoms with Gasteiger partial charge in [0.05, 0.1) is 0 Å². The Hall–Kier alpha value is -1.78. The fraction of sp³-hybridized carbons (Fsp3) is 0.474. The van der Waals surface area contributed by atoms with Crippen molar-refractivity contribution in [2.75, 3.05) is 6.54 Å². The molecule has 0 amide bonds. The van der Waals surface area contributed by atoms with E-state index in [1.807, 2.05) is 30.5 Å². The summed E-state index contributed by atoms with van der Waals surface area (Å²) in [4.78, 5) is 3.13. The second-order valence-corrected chi connectivity index (χ2v) is 7.01. The van der Waals surface area contributed by atoms with Crippen molar-refractivity contribution in [2.24, 2.45) is 0 Å². The van der Waals surface area contributed by atoms with Gasteiger partial charge in [0.1, 0.15) is 12.0 Å². The van der Waals surface area contributed by atoms with Crippen LogP contribution >= 0.6 is 0 Å². The van der Waals surface area contributed by atoms with Crippen LogP contribution in [0, 0.1) is 0 Å². The molecule has 0 bridgehead atoms. The Morgan fingerprint density at radius 1 is 1.26 bits per heavy atom. The molecule has 4 nitrogen and oxygen atoms in total. The van der Waals surface area contributed by atoms with E-state index in [1.165, 1.54) is 0 Å². The number of H-pyrrole nitrogens is 1. The van der Waals surface area contributed by atoms with E-state index in [9.17, 15) is 10.2 Å². The van der Waals surface area contributed by atoms with Gasteiger partial charge >= 0.3 is 0 Å². The van der Waals surface area contributed by atoms with E-state index in [-0.39, 0.29) is 11.2 Å². The second kappa shape index (κ2) is 7.20. The molecule has 0 fully saturated rings. The number of nitrogens with one attached hydrogen (secondary N) is 2. The average molecular weight is 316 g/mol. The zero-order valence-corrected chi connectivity index (χ0v) is 14.5. The number of aromatic hydroxyl groups is 1. The van der Waals surface area contributed by atoms with Crippen LogP contribution in [-0.4, -0.2) is 21.7 Å². The standard InChI is InChI=1S/C19H28N2O2/c1-5-6-9-21-18(23)15-12-13(19(2,3)4)11-14(17(15)22)16-8-7-10-20-16/h7-8,10-12,18,20-23H,5-6,9H2,1-4H3. The molecule has 0 saturated heterocycles. The van der Waals surface area contributed by atoms with Crippen LogP contribution in [-0.2, 0) is 5.41 Å². The predicted octanol–water partition coefficient (Wildman–Crippen LogP) is 4.07. The van der Waals surface area contributed by atoms with E-state index in [0.29, 0.717) is 17.7 Å². The van der Waals surface area contributed by atoms with Crippen molar-refractivity contribution in [2.45, 2.75) is 52.2 Å². The van der Waals surface area contributed by atoms with Crippen LogP contribution in [0.5, 0.6) is 5.75 Å². The Morgan fingerprint density at radius 3 is 2.57 bits per heavy atom. The van der Waals surface area contributed by atoms with Crippen LogP contribution in [0.15, 0.2) is 30.5 Å². The summed E-state index contributed by atoms with van der Waals surface area (Å²) in [7, 11) is 0. The maximum Gasteiger partial charge on any atom is 0.134 e.